The molecule has 2 unspecified atom stereocenters. The van der Waals surface area contributed by atoms with Crippen molar-refractivity contribution < 1.29 is 9.66 Å². The van der Waals surface area contributed by atoms with Crippen LogP contribution in [0, 0.1) is 21.4 Å². The van der Waals surface area contributed by atoms with Crippen molar-refractivity contribution in [2.75, 3.05) is 11.9 Å². The van der Waals surface area contributed by atoms with Crippen LogP contribution < -0.4 is 10.1 Å². The number of nitrogens with zero attached hydrogens (tertiary/aromatic N) is 1. The molecule has 2 atom stereocenters. The minimum Gasteiger partial charge on any atom is -0.494 e. The van der Waals surface area contributed by atoms with Crippen LogP contribution in [0.2, 0.25) is 0 Å². The Labute approximate surface area is 132 Å². The second kappa shape index (κ2) is 6.55. The van der Waals surface area contributed by atoms with Gasteiger partial charge in [-0.2, -0.15) is 0 Å². The minimum absolute atomic E-state index is 0.111. The van der Waals surface area contributed by atoms with Crippen molar-refractivity contribution in [1.29, 1.82) is 0 Å². The molecular weight excluding hydrogens is 280 g/mol. The quantitative estimate of drug-likeness (QED) is 0.637. The fraction of sp³-hybridized carbons (Fsp3) is 0.647. The molecule has 1 N–H and O–H groups in total. The molecule has 2 rings (SSSR count). The lowest BCUT2D eigenvalue weighted by Gasteiger charge is -2.39. The second-order valence-corrected chi connectivity index (χ2v) is 7.12. The maximum absolute atomic E-state index is 11.2. The summed E-state index contributed by atoms with van der Waals surface area (Å²) in [7, 11) is 0. The number of nitro groups is 1. The van der Waals surface area contributed by atoms with Crippen LogP contribution in [0.4, 0.5) is 11.4 Å². The number of benzene rings is 1. The van der Waals surface area contributed by atoms with E-state index in [4.69, 9.17) is 4.74 Å². The van der Waals surface area contributed by atoms with Gasteiger partial charge < -0.3 is 10.1 Å². The molecule has 0 amide bonds. The van der Waals surface area contributed by atoms with E-state index in [-0.39, 0.29) is 22.1 Å². The van der Waals surface area contributed by atoms with Crippen LogP contribution >= 0.6 is 0 Å². The molecule has 0 aromatic heterocycles. The number of rotatable bonds is 5. The molecule has 5 nitrogen and oxygen atoms in total. The highest BCUT2D eigenvalue weighted by molar-refractivity contribution is 5.64. The SMILES string of the molecule is CCOc1ccc([N+](=O)[O-])c(NC2CC(C)CC(C)(C)C2)c1. The molecule has 1 aromatic rings. The van der Waals surface area contributed by atoms with Gasteiger partial charge in [-0.1, -0.05) is 20.8 Å². The van der Waals surface area contributed by atoms with E-state index in [0.29, 0.717) is 24.0 Å². The van der Waals surface area contributed by atoms with Gasteiger partial charge in [0, 0.05) is 18.2 Å². The zero-order valence-corrected chi connectivity index (χ0v) is 13.9. The standard InChI is InChI=1S/C17H26N2O3/c1-5-22-14-6-7-16(19(20)21)15(9-14)18-13-8-12(2)10-17(3,4)11-13/h6-7,9,12-13,18H,5,8,10-11H2,1-4H3. The zero-order chi connectivity index (χ0) is 16.3. The Kier molecular flexibility index (Phi) is 4.94. The van der Waals surface area contributed by atoms with Gasteiger partial charge in [-0.15, -0.1) is 0 Å². The molecule has 1 aromatic carbocycles. The van der Waals surface area contributed by atoms with E-state index in [2.05, 4.69) is 26.1 Å². The number of nitro benzene ring substituents is 1. The van der Waals surface area contributed by atoms with Crippen LogP contribution in [-0.4, -0.2) is 17.6 Å². The third-order valence-corrected chi connectivity index (χ3v) is 4.22. The van der Waals surface area contributed by atoms with Crippen molar-refractivity contribution in [1.82, 2.24) is 0 Å². The van der Waals surface area contributed by atoms with Crippen molar-refractivity contribution in [3.63, 3.8) is 0 Å². The molecular formula is C17H26N2O3. The first-order valence-electron chi connectivity index (χ1n) is 7.98. The third kappa shape index (κ3) is 4.12. The molecule has 0 heterocycles. The van der Waals surface area contributed by atoms with E-state index in [9.17, 15) is 10.1 Å². The second-order valence-electron chi connectivity index (χ2n) is 7.12. The summed E-state index contributed by atoms with van der Waals surface area (Å²) in [6, 6.07) is 5.17. The Bertz CT molecular complexity index is 543. The molecule has 1 aliphatic rings. The van der Waals surface area contributed by atoms with E-state index in [1.807, 2.05) is 6.92 Å². The smallest absolute Gasteiger partial charge is 0.292 e. The molecule has 1 saturated carbocycles. The Morgan fingerprint density at radius 3 is 2.73 bits per heavy atom. The number of nitrogens with one attached hydrogen (secondary N) is 1. The fourth-order valence-electron chi connectivity index (χ4n) is 3.72. The lowest BCUT2D eigenvalue weighted by molar-refractivity contribution is -0.384. The van der Waals surface area contributed by atoms with Gasteiger partial charge in [0.05, 0.1) is 11.5 Å². The van der Waals surface area contributed by atoms with Crippen molar-refractivity contribution >= 4 is 11.4 Å². The number of hydrogen-bond acceptors (Lipinski definition) is 4. The zero-order valence-electron chi connectivity index (χ0n) is 13.9. The average Bonchev–Trinajstić information content (AvgIpc) is 2.36. The van der Waals surface area contributed by atoms with Crippen LogP contribution in [-0.2, 0) is 0 Å². The first-order valence-corrected chi connectivity index (χ1v) is 7.98. The monoisotopic (exact) mass is 306 g/mol. The van der Waals surface area contributed by atoms with Crippen LogP contribution in [0.25, 0.3) is 0 Å². The summed E-state index contributed by atoms with van der Waals surface area (Å²) in [4.78, 5) is 10.9. The van der Waals surface area contributed by atoms with Crippen LogP contribution in [0.3, 0.4) is 0 Å². The number of hydrogen-bond donors (Lipinski definition) is 1. The van der Waals surface area contributed by atoms with E-state index in [0.717, 1.165) is 12.8 Å². The summed E-state index contributed by atoms with van der Waals surface area (Å²) in [5, 5.41) is 14.6. The summed E-state index contributed by atoms with van der Waals surface area (Å²) >= 11 is 0. The predicted octanol–water partition coefficient (Wildman–Crippen LogP) is 4.62. The van der Waals surface area contributed by atoms with Gasteiger partial charge in [-0.3, -0.25) is 10.1 Å². The third-order valence-electron chi connectivity index (χ3n) is 4.22. The van der Waals surface area contributed by atoms with Gasteiger partial charge in [0.1, 0.15) is 11.4 Å². The van der Waals surface area contributed by atoms with Gasteiger partial charge >= 0.3 is 0 Å². The normalized spacial score (nSPS) is 23.8. The van der Waals surface area contributed by atoms with Crippen LogP contribution in [0.1, 0.15) is 47.0 Å². The van der Waals surface area contributed by atoms with Gasteiger partial charge in [0.25, 0.3) is 5.69 Å². The highest BCUT2D eigenvalue weighted by atomic mass is 16.6. The summed E-state index contributed by atoms with van der Waals surface area (Å²) in [6.07, 6.45) is 3.26. The maximum atomic E-state index is 11.2. The van der Waals surface area contributed by atoms with Gasteiger partial charge in [0.15, 0.2) is 0 Å². The Hall–Kier alpha value is -1.78. The highest BCUT2D eigenvalue weighted by Gasteiger charge is 2.32. The largest absolute Gasteiger partial charge is 0.494 e. The summed E-state index contributed by atoms with van der Waals surface area (Å²) in [5.41, 5.74) is 0.937. The van der Waals surface area contributed by atoms with Gasteiger partial charge in [0.2, 0.25) is 0 Å². The molecule has 0 spiro atoms. The summed E-state index contributed by atoms with van der Waals surface area (Å²) in [5.74, 6) is 1.29. The average molecular weight is 306 g/mol. The molecule has 0 radical (unpaired) electrons. The molecule has 0 saturated heterocycles. The maximum Gasteiger partial charge on any atom is 0.292 e. The van der Waals surface area contributed by atoms with Crippen molar-refractivity contribution in [3.05, 3.63) is 28.3 Å². The van der Waals surface area contributed by atoms with Crippen LogP contribution in [0.15, 0.2) is 18.2 Å². The molecule has 1 fully saturated rings. The molecule has 5 heteroatoms. The van der Waals surface area contributed by atoms with Crippen molar-refractivity contribution in [2.45, 2.75) is 53.0 Å². The Morgan fingerprint density at radius 2 is 2.14 bits per heavy atom. The van der Waals surface area contributed by atoms with E-state index in [1.54, 1.807) is 12.1 Å². The molecule has 122 valence electrons. The van der Waals surface area contributed by atoms with E-state index < -0.39 is 0 Å². The molecule has 1 aliphatic carbocycles. The first kappa shape index (κ1) is 16.6. The predicted molar refractivity (Wildman–Crippen MR) is 88.5 cm³/mol. The topological polar surface area (TPSA) is 64.4 Å². The summed E-state index contributed by atoms with van der Waals surface area (Å²) in [6.45, 7) is 9.23. The Balaban J connectivity index is 2.23. The Morgan fingerprint density at radius 1 is 1.41 bits per heavy atom. The van der Waals surface area contributed by atoms with E-state index in [1.165, 1.54) is 12.5 Å². The number of ether oxygens (including phenoxy) is 1. The van der Waals surface area contributed by atoms with Gasteiger partial charge in [-0.05, 0) is 43.6 Å². The van der Waals surface area contributed by atoms with Crippen LogP contribution in [0.5, 0.6) is 5.75 Å². The molecule has 0 aliphatic heterocycles. The minimum atomic E-state index is -0.338. The summed E-state index contributed by atoms with van der Waals surface area (Å²) < 4.78 is 5.47. The molecule has 0 bridgehead atoms. The highest BCUT2D eigenvalue weighted by Crippen LogP contribution is 2.40. The van der Waals surface area contributed by atoms with E-state index >= 15 is 0 Å². The fourth-order valence-corrected chi connectivity index (χ4v) is 3.72. The molecule has 22 heavy (non-hydrogen) atoms. The van der Waals surface area contributed by atoms with Gasteiger partial charge in [-0.25, -0.2) is 0 Å². The van der Waals surface area contributed by atoms with Crippen molar-refractivity contribution in [3.8, 4) is 5.75 Å². The van der Waals surface area contributed by atoms with Crippen molar-refractivity contribution in [2.24, 2.45) is 11.3 Å². The lowest BCUT2D eigenvalue weighted by atomic mass is 9.70. The number of anilines is 1. The first-order chi connectivity index (χ1) is 10.3. The lowest BCUT2D eigenvalue weighted by Crippen LogP contribution is -2.35.